The quantitative estimate of drug-likeness (QED) is 0.425. The molecule has 0 aromatic carbocycles. The van der Waals surface area contributed by atoms with E-state index in [1.54, 1.807) is 0 Å². The fourth-order valence-corrected chi connectivity index (χ4v) is 4.13. The lowest BCUT2D eigenvalue weighted by atomic mass is 9.84. The van der Waals surface area contributed by atoms with Crippen molar-refractivity contribution in [3.05, 3.63) is 12.2 Å². The van der Waals surface area contributed by atoms with Gasteiger partial charge in [-0.1, -0.05) is 31.9 Å². The highest BCUT2D eigenvalue weighted by Gasteiger charge is 2.31. The van der Waals surface area contributed by atoms with Gasteiger partial charge in [0.2, 0.25) is 0 Å². The lowest BCUT2D eigenvalue weighted by Crippen LogP contribution is -2.49. The Morgan fingerprint density at radius 1 is 1.21 bits per heavy atom. The van der Waals surface area contributed by atoms with E-state index in [-0.39, 0.29) is 0 Å². The largest absolute Gasteiger partial charge is 0.357 e. The maximum Gasteiger partial charge on any atom is 0.191 e. The molecule has 0 aromatic heterocycles. The van der Waals surface area contributed by atoms with Crippen molar-refractivity contribution in [3.63, 3.8) is 0 Å². The van der Waals surface area contributed by atoms with Crippen molar-refractivity contribution in [2.24, 2.45) is 10.4 Å². The van der Waals surface area contributed by atoms with Gasteiger partial charge < -0.3 is 10.6 Å². The Morgan fingerprint density at radius 3 is 2.42 bits per heavy atom. The number of rotatable bonds is 7. The minimum absolute atomic E-state index is 0.465. The molecule has 1 saturated heterocycles. The second-order valence-electron chi connectivity index (χ2n) is 7.91. The summed E-state index contributed by atoms with van der Waals surface area (Å²) in [6.07, 6.45) is 9.11. The van der Waals surface area contributed by atoms with Crippen LogP contribution < -0.4 is 10.6 Å². The summed E-state index contributed by atoms with van der Waals surface area (Å²) in [7, 11) is 0. The van der Waals surface area contributed by atoms with Gasteiger partial charge >= 0.3 is 0 Å². The SMILES string of the molecule is C=C(C)CN1CCC(NC(=NCC2(CC)CCCC2)NCC)CC1. The molecule has 2 aliphatic rings. The van der Waals surface area contributed by atoms with Crippen molar-refractivity contribution in [1.82, 2.24) is 15.5 Å². The Labute approximate surface area is 149 Å². The molecule has 0 unspecified atom stereocenters. The van der Waals surface area contributed by atoms with Gasteiger partial charge in [0.05, 0.1) is 0 Å². The standard InChI is InChI=1S/C20H38N4/c1-5-20(11-7-8-12-20)16-22-19(21-6-2)23-18-9-13-24(14-10-18)15-17(3)4/h18H,3,5-16H2,1-2,4H3,(H2,21,22,23). The average Bonchev–Trinajstić information content (AvgIpc) is 3.04. The van der Waals surface area contributed by atoms with E-state index in [0.717, 1.165) is 38.7 Å². The van der Waals surface area contributed by atoms with Crippen LogP contribution in [-0.2, 0) is 0 Å². The fourth-order valence-electron chi connectivity index (χ4n) is 4.13. The van der Waals surface area contributed by atoms with Gasteiger partial charge in [0, 0.05) is 38.8 Å². The topological polar surface area (TPSA) is 39.7 Å². The zero-order valence-electron chi connectivity index (χ0n) is 16.2. The predicted molar refractivity (Wildman–Crippen MR) is 105 cm³/mol. The highest BCUT2D eigenvalue weighted by atomic mass is 15.2. The van der Waals surface area contributed by atoms with Gasteiger partial charge in [-0.2, -0.15) is 0 Å². The van der Waals surface area contributed by atoms with Crippen molar-refractivity contribution >= 4 is 5.96 Å². The van der Waals surface area contributed by atoms with Crippen LogP contribution in [0.4, 0.5) is 0 Å². The molecule has 1 saturated carbocycles. The molecule has 1 aliphatic heterocycles. The molecule has 0 bridgehead atoms. The molecule has 2 N–H and O–H groups in total. The zero-order valence-corrected chi connectivity index (χ0v) is 16.2. The van der Waals surface area contributed by atoms with Gasteiger partial charge in [0.1, 0.15) is 0 Å². The van der Waals surface area contributed by atoms with Crippen LogP contribution in [0.3, 0.4) is 0 Å². The summed E-state index contributed by atoms with van der Waals surface area (Å²) in [5, 5.41) is 7.14. The molecule has 4 heteroatoms. The molecule has 0 aromatic rings. The Kier molecular flexibility index (Phi) is 7.60. The van der Waals surface area contributed by atoms with Gasteiger partial charge in [0.25, 0.3) is 0 Å². The highest BCUT2D eigenvalue weighted by Crippen LogP contribution is 2.41. The normalized spacial score (nSPS) is 22.5. The first-order chi connectivity index (χ1) is 11.6. The number of likely N-dealkylation sites (tertiary alicyclic amines) is 1. The van der Waals surface area contributed by atoms with E-state index >= 15 is 0 Å². The van der Waals surface area contributed by atoms with Crippen LogP contribution in [0.25, 0.3) is 0 Å². The fraction of sp³-hybridized carbons (Fsp3) is 0.850. The Balaban J connectivity index is 1.84. The second-order valence-corrected chi connectivity index (χ2v) is 7.91. The maximum atomic E-state index is 4.97. The third-order valence-corrected chi connectivity index (χ3v) is 5.75. The number of aliphatic imine (C=N–C) groups is 1. The molecule has 0 radical (unpaired) electrons. The van der Waals surface area contributed by atoms with E-state index in [0.29, 0.717) is 11.5 Å². The monoisotopic (exact) mass is 334 g/mol. The molecule has 1 heterocycles. The molecule has 0 spiro atoms. The molecule has 0 atom stereocenters. The number of hydrogen-bond donors (Lipinski definition) is 2. The lowest BCUT2D eigenvalue weighted by molar-refractivity contribution is 0.220. The summed E-state index contributed by atoms with van der Waals surface area (Å²) in [5.74, 6) is 1.02. The van der Waals surface area contributed by atoms with E-state index in [1.165, 1.54) is 50.5 Å². The van der Waals surface area contributed by atoms with Crippen LogP contribution in [0.1, 0.15) is 65.7 Å². The number of nitrogens with zero attached hydrogens (tertiary/aromatic N) is 2. The maximum absolute atomic E-state index is 4.97. The molecule has 2 fully saturated rings. The molecule has 4 nitrogen and oxygen atoms in total. The molecule has 2 rings (SSSR count). The summed E-state index contributed by atoms with van der Waals surface area (Å²) < 4.78 is 0. The average molecular weight is 335 g/mol. The number of hydrogen-bond acceptors (Lipinski definition) is 2. The van der Waals surface area contributed by atoms with Crippen molar-refractivity contribution < 1.29 is 0 Å². The van der Waals surface area contributed by atoms with E-state index < -0.39 is 0 Å². The van der Waals surface area contributed by atoms with Gasteiger partial charge in [-0.15, -0.1) is 0 Å². The zero-order chi connectivity index (χ0) is 17.4. The van der Waals surface area contributed by atoms with Gasteiger partial charge in [0.15, 0.2) is 5.96 Å². The van der Waals surface area contributed by atoms with Crippen LogP contribution in [-0.4, -0.2) is 49.6 Å². The first-order valence-electron chi connectivity index (χ1n) is 9.98. The van der Waals surface area contributed by atoms with Gasteiger partial charge in [-0.25, -0.2) is 0 Å². The number of nitrogens with one attached hydrogen (secondary N) is 2. The smallest absolute Gasteiger partial charge is 0.191 e. The number of piperidine rings is 1. The van der Waals surface area contributed by atoms with Crippen LogP contribution in [0.5, 0.6) is 0 Å². The highest BCUT2D eigenvalue weighted by molar-refractivity contribution is 5.80. The van der Waals surface area contributed by atoms with Crippen molar-refractivity contribution in [3.8, 4) is 0 Å². The summed E-state index contributed by atoms with van der Waals surface area (Å²) >= 11 is 0. The van der Waals surface area contributed by atoms with Crippen LogP contribution >= 0.6 is 0 Å². The first kappa shape index (κ1) is 19.3. The minimum atomic E-state index is 0.465. The van der Waals surface area contributed by atoms with Crippen LogP contribution in [0.2, 0.25) is 0 Å². The molecular formula is C20H38N4. The van der Waals surface area contributed by atoms with Gasteiger partial charge in [-0.05, 0) is 51.4 Å². The third-order valence-electron chi connectivity index (χ3n) is 5.75. The summed E-state index contributed by atoms with van der Waals surface area (Å²) in [6, 6.07) is 0.547. The van der Waals surface area contributed by atoms with E-state index in [2.05, 4.69) is 42.9 Å². The molecule has 1 aliphatic carbocycles. The second kappa shape index (κ2) is 9.45. The molecule has 24 heavy (non-hydrogen) atoms. The van der Waals surface area contributed by atoms with Crippen molar-refractivity contribution in [2.75, 3.05) is 32.7 Å². The summed E-state index contributed by atoms with van der Waals surface area (Å²) in [4.78, 5) is 7.48. The Bertz CT molecular complexity index is 415. The Hall–Kier alpha value is -1.03. The van der Waals surface area contributed by atoms with E-state index in [1.807, 2.05) is 0 Å². The van der Waals surface area contributed by atoms with Gasteiger partial charge in [-0.3, -0.25) is 9.89 Å². The lowest BCUT2D eigenvalue weighted by Gasteiger charge is -2.33. The van der Waals surface area contributed by atoms with Crippen molar-refractivity contribution in [1.29, 1.82) is 0 Å². The van der Waals surface area contributed by atoms with E-state index in [4.69, 9.17) is 4.99 Å². The summed E-state index contributed by atoms with van der Waals surface area (Å²) in [6.45, 7) is 15.9. The predicted octanol–water partition coefficient (Wildman–Crippen LogP) is 3.55. The molecule has 138 valence electrons. The van der Waals surface area contributed by atoms with Crippen LogP contribution in [0, 0.1) is 5.41 Å². The van der Waals surface area contributed by atoms with Crippen molar-refractivity contribution in [2.45, 2.75) is 71.8 Å². The third kappa shape index (κ3) is 5.80. The van der Waals surface area contributed by atoms with E-state index in [9.17, 15) is 0 Å². The summed E-state index contributed by atoms with van der Waals surface area (Å²) in [5.41, 5.74) is 1.73. The molecular weight excluding hydrogens is 296 g/mol. The molecule has 0 amide bonds. The number of guanidine groups is 1. The minimum Gasteiger partial charge on any atom is -0.357 e. The first-order valence-corrected chi connectivity index (χ1v) is 9.98. The Morgan fingerprint density at radius 2 is 1.88 bits per heavy atom. The van der Waals surface area contributed by atoms with Crippen LogP contribution in [0.15, 0.2) is 17.1 Å².